The first kappa shape index (κ1) is 16.4. The van der Waals surface area contributed by atoms with Gasteiger partial charge in [0.2, 0.25) is 5.91 Å². The molecule has 126 valence electrons. The van der Waals surface area contributed by atoms with Crippen LogP contribution in [0.1, 0.15) is 22.5 Å². The number of likely N-dealkylation sites (tertiary alicyclic amines) is 1. The highest BCUT2D eigenvalue weighted by atomic mass is 32.1. The Morgan fingerprint density at radius 3 is 2.87 bits per heavy atom. The first-order valence-corrected chi connectivity index (χ1v) is 9.19. The number of piperazine rings is 1. The van der Waals surface area contributed by atoms with Crippen LogP contribution in [-0.2, 0) is 4.79 Å². The van der Waals surface area contributed by atoms with Gasteiger partial charge < -0.3 is 15.5 Å². The maximum Gasteiger partial charge on any atom is 0.264 e. The summed E-state index contributed by atoms with van der Waals surface area (Å²) in [4.78, 5) is 29.7. The van der Waals surface area contributed by atoms with Crippen LogP contribution in [0.2, 0.25) is 0 Å². The van der Waals surface area contributed by atoms with Gasteiger partial charge in [0, 0.05) is 45.8 Å². The van der Waals surface area contributed by atoms with Crippen molar-refractivity contribution in [2.45, 2.75) is 18.9 Å². The van der Waals surface area contributed by atoms with Crippen LogP contribution >= 0.6 is 11.3 Å². The maximum absolute atomic E-state index is 12.5. The van der Waals surface area contributed by atoms with Crippen molar-refractivity contribution in [1.82, 2.24) is 20.4 Å². The van der Waals surface area contributed by atoms with Gasteiger partial charge in [0.15, 0.2) is 0 Å². The molecule has 2 amide bonds. The van der Waals surface area contributed by atoms with Crippen molar-refractivity contribution >= 4 is 23.2 Å². The van der Waals surface area contributed by atoms with E-state index >= 15 is 0 Å². The van der Waals surface area contributed by atoms with Crippen LogP contribution in [0.5, 0.6) is 0 Å². The summed E-state index contributed by atoms with van der Waals surface area (Å²) in [5.41, 5.74) is 0. The van der Waals surface area contributed by atoms with Crippen molar-refractivity contribution in [3.8, 4) is 0 Å². The standard InChI is InChI=1S/C16H24N4O2S/c21-15(18-7-11-19-9-5-17-6-10-19)13-3-1-8-20(13)16(22)14-4-2-12-23-14/h2,4,12-13,17H,1,3,5-11H2,(H,18,21). The van der Waals surface area contributed by atoms with Gasteiger partial charge in [-0.15, -0.1) is 11.3 Å². The summed E-state index contributed by atoms with van der Waals surface area (Å²) in [6.45, 7) is 6.28. The number of nitrogens with zero attached hydrogens (tertiary/aromatic N) is 2. The summed E-state index contributed by atoms with van der Waals surface area (Å²) in [5, 5.41) is 8.22. The lowest BCUT2D eigenvalue weighted by Gasteiger charge is -2.28. The lowest BCUT2D eigenvalue weighted by atomic mass is 10.2. The fourth-order valence-corrected chi connectivity index (χ4v) is 3.89. The molecule has 2 N–H and O–H groups in total. The molecular formula is C16H24N4O2S. The molecule has 2 aliphatic rings. The van der Waals surface area contributed by atoms with Crippen molar-refractivity contribution in [1.29, 1.82) is 0 Å². The Morgan fingerprint density at radius 1 is 1.30 bits per heavy atom. The molecule has 1 aromatic heterocycles. The van der Waals surface area contributed by atoms with Gasteiger partial charge in [-0.05, 0) is 24.3 Å². The summed E-state index contributed by atoms with van der Waals surface area (Å²) in [6, 6.07) is 3.38. The van der Waals surface area contributed by atoms with Gasteiger partial charge in [0.05, 0.1) is 4.88 Å². The number of amides is 2. The van der Waals surface area contributed by atoms with Crippen molar-refractivity contribution < 1.29 is 9.59 Å². The molecule has 3 heterocycles. The van der Waals surface area contributed by atoms with Gasteiger partial charge in [0.1, 0.15) is 6.04 Å². The van der Waals surface area contributed by atoms with E-state index in [0.29, 0.717) is 18.0 Å². The van der Waals surface area contributed by atoms with E-state index in [9.17, 15) is 9.59 Å². The third kappa shape index (κ3) is 4.10. The van der Waals surface area contributed by atoms with E-state index in [0.717, 1.165) is 45.6 Å². The molecular weight excluding hydrogens is 312 g/mol. The van der Waals surface area contributed by atoms with Crippen LogP contribution in [0.15, 0.2) is 17.5 Å². The summed E-state index contributed by atoms with van der Waals surface area (Å²) < 4.78 is 0. The van der Waals surface area contributed by atoms with Crippen molar-refractivity contribution in [2.75, 3.05) is 45.8 Å². The average molecular weight is 336 g/mol. The van der Waals surface area contributed by atoms with Crippen molar-refractivity contribution in [3.05, 3.63) is 22.4 Å². The van der Waals surface area contributed by atoms with Crippen LogP contribution in [0.4, 0.5) is 0 Å². The highest BCUT2D eigenvalue weighted by molar-refractivity contribution is 7.12. The molecule has 0 radical (unpaired) electrons. The fraction of sp³-hybridized carbons (Fsp3) is 0.625. The van der Waals surface area contributed by atoms with E-state index in [2.05, 4.69) is 15.5 Å². The lowest BCUT2D eigenvalue weighted by Crippen LogP contribution is -2.49. The van der Waals surface area contributed by atoms with E-state index in [1.54, 1.807) is 4.90 Å². The van der Waals surface area contributed by atoms with Gasteiger partial charge in [-0.2, -0.15) is 0 Å². The molecule has 0 bridgehead atoms. The molecule has 2 saturated heterocycles. The molecule has 6 nitrogen and oxygen atoms in total. The zero-order chi connectivity index (χ0) is 16.1. The molecule has 23 heavy (non-hydrogen) atoms. The Labute approximate surface area is 140 Å². The van der Waals surface area contributed by atoms with E-state index in [1.165, 1.54) is 11.3 Å². The Kier molecular flexibility index (Phi) is 5.64. The first-order chi connectivity index (χ1) is 11.3. The molecule has 0 aromatic carbocycles. The number of carbonyl (C=O) groups excluding carboxylic acids is 2. The quantitative estimate of drug-likeness (QED) is 0.816. The van der Waals surface area contributed by atoms with Gasteiger partial charge in [0.25, 0.3) is 5.91 Å². The average Bonchev–Trinajstić information content (AvgIpc) is 3.27. The minimum Gasteiger partial charge on any atom is -0.353 e. The predicted octanol–water partition coefficient (Wildman–Crippen LogP) is 0.374. The normalized spacial score (nSPS) is 22.3. The highest BCUT2D eigenvalue weighted by Crippen LogP contribution is 2.22. The number of thiophene rings is 1. The first-order valence-electron chi connectivity index (χ1n) is 8.31. The molecule has 3 rings (SSSR count). The molecule has 1 unspecified atom stereocenters. The minimum atomic E-state index is -0.312. The lowest BCUT2D eigenvalue weighted by molar-refractivity contribution is -0.124. The fourth-order valence-electron chi connectivity index (χ4n) is 3.21. The number of hydrogen-bond acceptors (Lipinski definition) is 5. The monoisotopic (exact) mass is 336 g/mol. The largest absolute Gasteiger partial charge is 0.353 e. The smallest absolute Gasteiger partial charge is 0.264 e. The third-order valence-electron chi connectivity index (χ3n) is 4.49. The summed E-state index contributed by atoms with van der Waals surface area (Å²) in [5.74, 6) is -0.0257. The van der Waals surface area contributed by atoms with E-state index in [-0.39, 0.29) is 17.9 Å². The Hall–Kier alpha value is -1.44. The van der Waals surface area contributed by atoms with Gasteiger partial charge in [-0.1, -0.05) is 6.07 Å². The summed E-state index contributed by atoms with van der Waals surface area (Å²) in [7, 11) is 0. The minimum absolute atomic E-state index is 0.0115. The zero-order valence-corrected chi connectivity index (χ0v) is 14.1. The molecule has 1 atom stereocenters. The van der Waals surface area contributed by atoms with Crippen LogP contribution in [0.25, 0.3) is 0 Å². The van der Waals surface area contributed by atoms with Crippen LogP contribution in [-0.4, -0.2) is 73.5 Å². The second-order valence-electron chi connectivity index (χ2n) is 6.02. The molecule has 7 heteroatoms. The van der Waals surface area contributed by atoms with Crippen LogP contribution in [0, 0.1) is 0 Å². The van der Waals surface area contributed by atoms with Crippen molar-refractivity contribution in [3.63, 3.8) is 0 Å². The second-order valence-corrected chi connectivity index (χ2v) is 6.96. The Bertz CT molecular complexity index is 528. The van der Waals surface area contributed by atoms with Gasteiger partial charge in [-0.3, -0.25) is 14.5 Å². The Balaban J connectivity index is 1.48. The maximum atomic E-state index is 12.5. The second kappa shape index (κ2) is 7.90. The molecule has 0 spiro atoms. The highest BCUT2D eigenvalue weighted by Gasteiger charge is 2.34. The predicted molar refractivity (Wildman–Crippen MR) is 90.7 cm³/mol. The van der Waals surface area contributed by atoms with Gasteiger partial charge in [-0.25, -0.2) is 0 Å². The number of carbonyl (C=O) groups is 2. The van der Waals surface area contributed by atoms with E-state index < -0.39 is 0 Å². The third-order valence-corrected chi connectivity index (χ3v) is 5.34. The molecule has 2 aliphatic heterocycles. The molecule has 0 saturated carbocycles. The van der Waals surface area contributed by atoms with Crippen molar-refractivity contribution in [2.24, 2.45) is 0 Å². The summed E-state index contributed by atoms with van der Waals surface area (Å²) >= 11 is 1.43. The van der Waals surface area contributed by atoms with E-state index in [4.69, 9.17) is 0 Å². The Morgan fingerprint density at radius 2 is 2.13 bits per heavy atom. The SMILES string of the molecule is O=C(NCCN1CCNCC1)C1CCCN1C(=O)c1cccs1. The molecule has 1 aromatic rings. The summed E-state index contributed by atoms with van der Waals surface area (Å²) in [6.07, 6.45) is 1.66. The van der Waals surface area contributed by atoms with Crippen LogP contribution < -0.4 is 10.6 Å². The van der Waals surface area contributed by atoms with Crippen LogP contribution in [0.3, 0.4) is 0 Å². The van der Waals surface area contributed by atoms with Gasteiger partial charge >= 0.3 is 0 Å². The topological polar surface area (TPSA) is 64.7 Å². The number of hydrogen-bond donors (Lipinski definition) is 2. The number of nitrogens with one attached hydrogen (secondary N) is 2. The number of rotatable bonds is 5. The molecule has 0 aliphatic carbocycles. The molecule has 2 fully saturated rings. The zero-order valence-electron chi connectivity index (χ0n) is 13.3. The van der Waals surface area contributed by atoms with E-state index in [1.807, 2.05) is 17.5 Å².